The van der Waals surface area contributed by atoms with Crippen molar-refractivity contribution in [2.24, 2.45) is 0 Å². The molecule has 0 unspecified atom stereocenters. The number of ether oxygens (including phenoxy) is 2. The van der Waals surface area contributed by atoms with E-state index in [4.69, 9.17) is 9.47 Å². The molecule has 0 bridgehead atoms. The Morgan fingerprint density at radius 1 is 0.774 bits per heavy atom. The number of hydrogen-bond acceptors (Lipinski definition) is 4. The summed E-state index contributed by atoms with van der Waals surface area (Å²) in [6.45, 7) is 2.14. The van der Waals surface area contributed by atoms with Crippen LogP contribution in [-0.4, -0.2) is 22.6 Å². The van der Waals surface area contributed by atoms with E-state index in [0.29, 0.717) is 11.5 Å². The molecule has 0 radical (unpaired) electrons. The second kappa shape index (κ2) is 10.5. The lowest BCUT2D eigenvalue weighted by molar-refractivity contribution is 0.414. The average molecular weight is 440 g/mol. The van der Waals surface area contributed by atoms with E-state index >= 15 is 0 Å². The van der Waals surface area contributed by atoms with Crippen LogP contribution in [0.3, 0.4) is 0 Å². The summed E-state index contributed by atoms with van der Waals surface area (Å²) in [4.78, 5) is 0.250. The fourth-order valence-corrected chi connectivity index (χ4v) is 4.57. The lowest BCUT2D eigenvalue weighted by Gasteiger charge is -2.20. The Hall–Kier alpha value is -2.83. The Labute approximate surface area is 185 Å². The van der Waals surface area contributed by atoms with Gasteiger partial charge in [-0.3, -0.25) is 0 Å². The maximum absolute atomic E-state index is 13.2. The van der Waals surface area contributed by atoms with Crippen molar-refractivity contribution >= 4 is 10.0 Å². The molecule has 5 nitrogen and oxygen atoms in total. The van der Waals surface area contributed by atoms with E-state index in [1.807, 2.05) is 60.7 Å². The fourth-order valence-electron chi connectivity index (χ4n) is 3.36. The van der Waals surface area contributed by atoms with Crippen molar-refractivity contribution < 1.29 is 17.9 Å². The molecule has 0 aliphatic rings. The van der Waals surface area contributed by atoms with Crippen molar-refractivity contribution in [1.29, 1.82) is 0 Å². The molecule has 6 heteroatoms. The molecule has 31 heavy (non-hydrogen) atoms. The van der Waals surface area contributed by atoms with E-state index < -0.39 is 16.1 Å². The van der Waals surface area contributed by atoms with Crippen molar-refractivity contribution in [2.75, 3.05) is 14.2 Å². The molecular weight excluding hydrogens is 410 g/mol. The van der Waals surface area contributed by atoms with Crippen LogP contribution in [0, 0.1) is 0 Å². The predicted molar refractivity (Wildman–Crippen MR) is 123 cm³/mol. The SMILES string of the molecule is CCCCc1ccc(S(=O)(=O)NC(c2ccc(OC)cc2)c2ccc(OC)cc2)cc1. The molecule has 3 aromatic rings. The molecule has 0 heterocycles. The third kappa shape index (κ3) is 5.87. The summed E-state index contributed by atoms with van der Waals surface area (Å²) in [6, 6.07) is 21.3. The number of unbranched alkanes of at least 4 members (excludes halogenated alkanes) is 1. The number of nitrogens with one attached hydrogen (secondary N) is 1. The number of aryl methyl sites for hydroxylation is 1. The summed E-state index contributed by atoms with van der Waals surface area (Å²) in [7, 11) is -0.537. The highest BCUT2D eigenvalue weighted by atomic mass is 32.2. The fraction of sp³-hybridized carbons (Fsp3) is 0.280. The van der Waals surface area contributed by atoms with Crippen molar-refractivity contribution in [3.63, 3.8) is 0 Å². The summed E-state index contributed by atoms with van der Waals surface area (Å²) in [6.07, 6.45) is 3.14. The van der Waals surface area contributed by atoms with Gasteiger partial charge in [0.1, 0.15) is 11.5 Å². The number of rotatable bonds is 10. The van der Waals surface area contributed by atoms with Crippen molar-refractivity contribution in [3.8, 4) is 11.5 Å². The molecule has 0 aliphatic heterocycles. The van der Waals surface area contributed by atoms with Crippen LogP contribution in [0.5, 0.6) is 11.5 Å². The van der Waals surface area contributed by atoms with Gasteiger partial charge in [0.25, 0.3) is 0 Å². The Bertz CT molecular complexity index is 1010. The predicted octanol–water partition coefficient (Wildman–Crippen LogP) is 5.11. The van der Waals surface area contributed by atoms with E-state index in [1.54, 1.807) is 26.4 Å². The molecule has 0 saturated carbocycles. The molecule has 0 saturated heterocycles. The first-order valence-electron chi connectivity index (χ1n) is 10.4. The zero-order valence-electron chi connectivity index (χ0n) is 18.2. The third-order valence-electron chi connectivity index (χ3n) is 5.22. The average Bonchev–Trinajstić information content (AvgIpc) is 2.82. The first kappa shape index (κ1) is 22.8. The molecule has 0 amide bonds. The largest absolute Gasteiger partial charge is 0.497 e. The van der Waals surface area contributed by atoms with Gasteiger partial charge in [-0.1, -0.05) is 49.7 Å². The van der Waals surface area contributed by atoms with E-state index in [1.165, 1.54) is 0 Å². The number of methoxy groups -OCH3 is 2. The number of benzene rings is 3. The first-order valence-corrected chi connectivity index (χ1v) is 11.8. The molecule has 164 valence electrons. The maximum Gasteiger partial charge on any atom is 0.241 e. The third-order valence-corrected chi connectivity index (χ3v) is 6.66. The van der Waals surface area contributed by atoms with Gasteiger partial charge in [-0.2, -0.15) is 4.72 Å². The molecule has 0 aliphatic carbocycles. The van der Waals surface area contributed by atoms with Gasteiger partial charge < -0.3 is 9.47 Å². The Kier molecular flexibility index (Phi) is 7.71. The van der Waals surface area contributed by atoms with Crippen LogP contribution in [0.25, 0.3) is 0 Å². The van der Waals surface area contributed by atoms with Gasteiger partial charge >= 0.3 is 0 Å². The van der Waals surface area contributed by atoms with Gasteiger partial charge in [0, 0.05) is 0 Å². The standard InChI is InChI=1S/C25H29NO4S/c1-4-5-6-19-7-17-24(18-8-19)31(27,28)26-25(20-9-13-22(29-2)14-10-20)21-11-15-23(30-3)16-12-21/h7-18,25-26H,4-6H2,1-3H3. The molecule has 3 rings (SSSR count). The molecular formula is C25H29NO4S. The van der Waals surface area contributed by atoms with Crippen LogP contribution in [0.2, 0.25) is 0 Å². The van der Waals surface area contributed by atoms with Crippen LogP contribution in [0.1, 0.15) is 42.5 Å². The monoisotopic (exact) mass is 439 g/mol. The summed E-state index contributed by atoms with van der Waals surface area (Å²) in [5.74, 6) is 1.42. The first-order chi connectivity index (χ1) is 15.0. The Balaban J connectivity index is 1.92. The highest BCUT2D eigenvalue weighted by Gasteiger charge is 2.23. The summed E-state index contributed by atoms with van der Waals surface area (Å²) in [5.41, 5.74) is 2.77. The van der Waals surface area contributed by atoms with Gasteiger partial charge in [-0.15, -0.1) is 0 Å². The van der Waals surface area contributed by atoms with E-state index in [2.05, 4.69) is 11.6 Å². The maximum atomic E-state index is 13.2. The minimum Gasteiger partial charge on any atom is -0.497 e. The zero-order chi connectivity index (χ0) is 22.3. The molecule has 0 spiro atoms. The molecule has 0 aromatic heterocycles. The quantitative estimate of drug-likeness (QED) is 0.477. The van der Waals surface area contributed by atoms with Crippen LogP contribution >= 0.6 is 0 Å². The van der Waals surface area contributed by atoms with Gasteiger partial charge in [0.15, 0.2) is 0 Å². The lowest BCUT2D eigenvalue weighted by atomic mass is 9.99. The molecule has 0 atom stereocenters. The van der Waals surface area contributed by atoms with Gasteiger partial charge in [-0.25, -0.2) is 8.42 Å². The van der Waals surface area contributed by atoms with Crippen LogP contribution in [0.15, 0.2) is 77.7 Å². The van der Waals surface area contributed by atoms with Crippen LogP contribution in [0.4, 0.5) is 0 Å². The smallest absolute Gasteiger partial charge is 0.241 e. The second-order valence-corrected chi connectivity index (χ2v) is 9.06. The van der Waals surface area contributed by atoms with Crippen molar-refractivity contribution in [3.05, 3.63) is 89.5 Å². The van der Waals surface area contributed by atoms with E-state index in [-0.39, 0.29) is 4.90 Å². The van der Waals surface area contributed by atoms with Crippen LogP contribution in [-0.2, 0) is 16.4 Å². The zero-order valence-corrected chi connectivity index (χ0v) is 19.0. The highest BCUT2D eigenvalue weighted by molar-refractivity contribution is 7.89. The molecule has 1 N–H and O–H groups in total. The Morgan fingerprint density at radius 3 is 1.68 bits per heavy atom. The normalized spacial score (nSPS) is 11.5. The number of sulfonamides is 1. The van der Waals surface area contributed by atoms with Gasteiger partial charge in [0.05, 0.1) is 25.2 Å². The van der Waals surface area contributed by atoms with Gasteiger partial charge in [0.2, 0.25) is 10.0 Å². The minimum atomic E-state index is -3.74. The number of hydrogen-bond donors (Lipinski definition) is 1. The van der Waals surface area contributed by atoms with E-state index in [0.717, 1.165) is 36.0 Å². The van der Waals surface area contributed by atoms with Gasteiger partial charge in [-0.05, 0) is 65.9 Å². The summed E-state index contributed by atoms with van der Waals surface area (Å²) >= 11 is 0. The topological polar surface area (TPSA) is 64.6 Å². The lowest BCUT2D eigenvalue weighted by Crippen LogP contribution is -2.29. The van der Waals surface area contributed by atoms with Crippen LogP contribution < -0.4 is 14.2 Å². The van der Waals surface area contributed by atoms with Crippen molar-refractivity contribution in [1.82, 2.24) is 4.72 Å². The summed E-state index contributed by atoms with van der Waals surface area (Å²) < 4.78 is 39.7. The molecule has 3 aromatic carbocycles. The van der Waals surface area contributed by atoms with E-state index in [9.17, 15) is 8.42 Å². The highest BCUT2D eigenvalue weighted by Crippen LogP contribution is 2.28. The minimum absolute atomic E-state index is 0.250. The summed E-state index contributed by atoms with van der Waals surface area (Å²) in [5, 5.41) is 0. The Morgan fingerprint density at radius 2 is 1.26 bits per heavy atom. The van der Waals surface area contributed by atoms with Crippen molar-refractivity contribution in [2.45, 2.75) is 37.1 Å². The molecule has 0 fully saturated rings. The second-order valence-electron chi connectivity index (χ2n) is 7.35.